The number of fused-ring (bicyclic) bond motifs is 1. The predicted molar refractivity (Wildman–Crippen MR) is 76.8 cm³/mol. The molecule has 19 heavy (non-hydrogen) atoms. The SMILES string of the molecule is CCNCc1ccc(-c2ccc3cccnc3c2)o1. The molecule has 0 bridgehead atoms. The van der Waals surface area contributed by atoms with Crippen molar-refractivity contribution in [3.63, 3.8) is 0 Å². The fourth-order valence-corrected chi connectivity index (χ4v) is 2.10. The van der Waals surface area contributed by atoms with Gasteiger partial charge in [-0.15, -0.1) is 0 Å². The predicted octanol–water partition coefficient (Wildman–Crippen LogP) is 3.60. The number of rotatable bonds is 4. The Bertz CT molecular complexity index is 688. The molecule has 0 saturated heterocycles. The zero-order valence-electron chi connectivity index (χ0n) is 10.9. The van der Waals surface area contributed by atoms with Crippen molar-refractivity contribution in [2.24, 2.45) is 0 Å². The largest absolute Gasteiger partial charge is 0.460 e. The van der Waals surface area contributed by atoms with Gasteiger partial charge in [0.15, 0.2) is 0 Å². The lowest BCUT2D eigenvalue weighted by Crippen LogP contribution is -2.10. The van der Waals surface area contributed by atoms with Crippen LogP contribution in [0.1, 0.15) is 12.7 Å². The molecule has 3 aromatic rings. The van der Waals surface area contributed by atoms with Crippen LogP contribution < -0.4 is 5.32 Å². The Morgan fingerprint density at radius 2 is 2.11 bits per heavy atom. The van der Waals surface area contributed by atoms with Crippen LogP contribution in [0.3, 0.4) is 0 Å². The second-order valence-corrected chi connectivity index (χ2v) is 4.46. The molecule has 0 unspecified atom stereocenters. The molecular formula is C16H16N2O. The molecule has 3 nitrogen and oxygen atoms in total. The van der Waals surface area contributed by atoms with Gasteiger partial charge in [-0.05, 0) is 30.8 Å². The molecule has 0 aliphatic heterocycles. The number of nitrogens with zero attached hydrogens (tertiary/aromatic N) is 1. The molecule has 0 saturated carbocycles. The van der Waals surface area contributed by atoms with Crippen LogP contribution in [0.25, 0.3) is 22.2 Å². The van der Waals surface area contributed by atoms with Gasteiger partial charge < -0.3 is 9.73 Å². The van der Waals surface area contributed by atoms with E-state index in [9.17, 15) is 0 Å². The Labute approximate surface area is 112 Å². The van der Waals surface area contributed by atoms with Gasteiger partial charge in [-0.3, -0.25) is 4.98 Å². The van der Waals surface area contributed by atoms with Crippen LogP contribution in [0.5, 0.6) is 0 Å². The third-order valence-electron chi connectivity index (χ3n) is 3.10. The van der Waals surface area contributed by atoms with Crippen LogP contribution in [0, 0.1) is 0 Å². The summed E-state index contributed by atoms with van der Waals surface area (Å²) < 4.78 is 5.83. The average molecular weight is 252 g/mol. The van der Waals surface area contributed by atoms with Crippen molar-refractivity contribution in [3.05, 3.63) is 54.4 Å². The molecule has 2 aromatic heterocycles. The second kappa shape index (κ2) is 5.24. The Morgan fingerprint density at radius 3 is 3.00 bits per heavy atom. The van der Waals surface area contributed by atoms with E-state index in [2.05, 4.69) is 41.5 Å². The summed E-state index contributed by atoms with van der Waals surface area (Å²) in [5, 5.41) is 4.40. The normalized spacial score (nSPS) is 11.0. The van der Waals surface area contributed by atoms with Gasteiger partial charge in [-0.1, -0.05) is 25.1 Å². The van der Waals surface area contributed by atoms with Gasteiger partial charge in [0, 0.05) is 17.1 Å². The van der Waals surface area contributed by atoms with Crippen LogP contribution in [-0.4, -0.2) is 11.5 Å². The highest BCUT2D eigenvalue weighted by molar-refractivity contribution is 5.83. The minimum atomic E-state index is 0.766. The number of hydrogen-bond donors (Lipinski definition) is 1. The van der Waals surface area contributed by atoms with Gasteiger partial charge >= 0.3 is 0 Å². The highest BCUT2D eigenvalue weighted by Gasteiger charge is 2.05. The van der Waals surface area contributed by atoms with Gasteiger partial charge in [0.1, 0.15) is 11.5 Å². The number of benzene rings is 1. The summed E-state index contributed by atoms with van der Waals surface area (Å²) in [6.45, 7) is 3.79. The number of nitrogens with one attached hydrogen (secondary N) is 1. The lowest BCUT2D eigenvalue weighted by atomic mass is 10.1. The van der Waals surface area contributed by atoms with E-state index >= 15 is 0 Å². The molecule has 96 valence electrons. The molecular weight excluding hydrogens is 236 g/mol. The van der Waals surface area contributed by atoms with Crippen molar-refractivity contribution in [3.8, 4) is 11.3 Å². The first-order valence-corrected chi connectivity index (χ1v) is 6.51. The zero-order chi connectivity index (χ0) is 13.1. The number of furan rings is 1. The molecule has 0 aliphatic carbocycles. The maximum absolute atomic E-state index is 5.83. The number of hydrogen-bond acceptors (Lipinski definition) is 3. The summed E-state index contributed by atoms with van der Waals surface area (Å²) in [6, 6.07) is 14.2. The number of pyridine rings is 1. The third kappa shape index (κ3) is 2.51. The molecule has 0 amide bonds. The monoisotopic (exact) mass is 252 g/mol. The Hall–Kier alpha value is -2.13. The number of aromatic nitrogens is 1. The Balaban J connectivity index is 1.92. The van der Waals surface area contributed by atoms with Crippen molar-refractivity contribution in [1.82, 2.24) is 10.3 Å². The van der Waals surface area contributed by atoms with E-state index in [1.54, 1.807) is 0 Å². The molecule has 0 atom stereocenters. The van der Waals surface area contributed by atoms with Crippen LogP contribution in [0.2, 0.25) is 0 Å². The molecule has 2 heterocycles. The standard InChI is InChI=1S/C16H16N2O/c1-2-17-11-14-7-8-16(19-14)13-6-5-12-4-3-9-18-15(12)10-13/h3-10,17H,2,11H2,1H3. The first kappa shape index (κ1) is 11.9. The molecule has 1 N–H and O–H groups in total. The van der Waals surface area contributed by atoms with Crippen molar-refractivity contribution < 1.29 is 4.42 Å². The van der Waals surface area contributed by atoms with Crippen LogP contribution >= 0.6 is 0 Å². The first-order chi connectivity index (χ1) is 9.36. The average Bonchev–Trinajstić information content (AvgIpc) is 2.93. The maximum Gasteiger partial charge on any atom is 0.134 e. The van der Waals surface area contributed by atoms with Crippen molar-refractivity contribution in [1.29, 1.82) is 0 Å². The third-order valence-corrected chi connectivity index (χ3v) is 3.10. The fourth-order valence-electron chi connectivity index (χ4n) is 2.10. The molecule has 3 rings (SSSR count). The summed E-state index contributed by atoms with van der Waals surface area (Å²) in [6.07, 6.45) is 1.81. The van der Waals surface area contributed by atoms with Crippen molar-refractivity contribution in [2.45, 2.75) is 13.5 Å². The summed E-state index contributed by atoms with van der Waals surface area (Å²) in [4.78, 5) is 4.37. The van der Waals surface area contributed by atoms with E-state index < -0.39 is 0 Å². The van der Waals surface area contributed by atoms with Crippen LogP contribution in [-0.2, 0) is 6.54 Å². The van der Waals surface area contributed by atoms with E-state index in [0.717, 1.165) is 41.1 Å². The quantitative estimate of drug-likeness (QED) is 0.771. The van der Waals surface area contributed by atoms with E-state index in [4.69, 9.17) is 4.42 Å². The van der Waals surface area contributed by atoms with Gasteiger partial charge in [-0.25, -0.2) is 0 Å². The molecule has 0 radical (unpaired) electrons. The highest BCUT2D eigenvalue weighted by atomic mass is 16.3. The molecule has 3 heteroatoms. The molecule has 0 fully saturated rings. The molecule has 1 aromatic carbocycles. The van der Waals surface area contributed by atoms with E-state index in [1.807, 2.05) is 24.4 Å². The lowest BCUT2D eigenvalue weighted by molar-refractivity contribution is 0.498. The minimum absolute atomic E-state index is 0.766. The molecule has 0 spiro atoms. The highest BCUT2D eigenvalue weighted by Crippen LogP contribution is 2.25. The zero-order valence-corrected chi connectivity index (χ0v) is 10.9. The maximum atomic E-state index is 5.83. The van der Waals surface area contributed by atoms with Crippen molar-refractivity contribution in [2.75, 3.05) is 6.54 Å². The van der Waals surface area contributed by atoms with E-state index in [1.165, 1.54) is 0 Å². The van der Waals surface area contributed by atoms with Crippen LogP contribution in [0.4, 0.5) is 0 Å². The second-order valence-electron chi connectivity index (χ2n) is 4.46. The minimum Gasteiger partial charge on any atom is -0.460 e. The molecule has 0 aliphatic rings. The van der Waals surface area contributed by atoms with E-state index in [0.29, 0.717) is 0 Å². The van der Waals surface area contributed by atoms with E-state index in [-0.39, 0.29) is 0 Å². The fraction of sp³-hybridized carbons (Fsp3) is 0.188. The van der Waals surface area contributed by atoms with Crippen LogP contribution in [0.15, 0.2) is 53.1 Å². The van der Waals surface area contributed by atoms with Gasteiger partial charge in [-0.2, -0.15) is 0 Å². The summed E-state index contributed by atoms with van der Waals surface area (Å²) in [5.41, 5.74) is 2.05. The Kier molecular flexibility index (Phi) is 3.29. The van der Waals surface area contributed by atoms with Gasteiger partial charge in [0.2, 0.25) is 0 Å². The summed E-state index contributed by atoms with van der Waals surface area (Å²) in [7, 11) is 0. The Morgan fingerprint density at radius 1 is 1.16 bits per heavy atom. The van der Waals surface area contributed by atoms with Crippen molar-refractivity contribution >= 4 is 10.9 Å². The summed E-state index contributed by atoms with van der Waals surface area (Å²) >= 11 is 0. The first-order valence-electron chi connectivity index (χ1n) is 6.51. The van der Waals surface area contributed by atoms with Gasteiger partial charge in [0.05, 0.1) is 12.1 Å². The lowest BCUT2D eigenvalue weighted by Gasteiger charge is -2.01. The smallest absolute Gasteiger partial charge is 0.134 e. The van der Waals surface area contributed by atoms with Gasteiger partial charge in [0.25, 0.3) is 0 Å². The topological polar surface area (TPSA) is 38.1 Å². The summed E-state index contributed by atoms with van der Waals surface area (Å²) in [5.74, 6) is 1.85.